The molecule has 3 aromatic rings. The van der Waals surface area contributed by atoms with E-state index in [1.807, 2.05) is 30.4 Å². The van der Waals surface area contributed by atoms with Gasteiger partial charge in [0.2, 0.25) is 0 Å². The highest BCUT2D eigenvalue weighted by molar-refractivity contribution is 6.01. The van der Waals surface area contributed by atoms with Crippen LogP contribution in [0.25, 0.3) is 27.6 Å². The Hall–Kier alpha value is -3.22. The molecule has 2 saturated carbocycles. The predicted molar refractivity (Wildman–Crippen MR) is 191 cm³/mol. The maximum atomic E-state index is 13.6. The van der Waals surface area contributed by atoms with Crippen molar-refractivity contribution in [2.75, 3.05) is 13.2 Å². The van der Waals surface area contributed by atoms with Gasteiger partial charge in [-0.3, -0.25) is 0 Å². The molecule has 6 nitrogen and oxygen atoms in total. The number of carbonyl (C=O) groups is 2. The SMILES string of the molecule is CC1CCC(C(C)C)C(OCC(=O)O[C@@H]2c3c(ccc4cc5ccccc5cc34)C=C[C@H]2OC(=O)COC2CC(C)CCC2C(C)C)C1. The van der Waals surface area contributed by atoms with Crippen molar-refractivity contribution in [3.63, 3.8) is 0 Å². The van der Waals surface area contributed by atoms with Crippen LogP contribution in [-0.4, -0.2) is 43.5 Å². The maximum absolute atomic E-state index is 13.6. The fourth-order valence-electron chi connectivity index (χ4n) is 8.53. The van der Waals surface area contributed by atoms with Crippen LogP contribution in [0.5, 0.6) is 0 Å². The number of fused-ring (bicyclic) bond motifs is 4. The smallest absolute Gasteiger partial charge is 0.332 e. The van der Waals surface area contributed by atoms with Crippen LogP contribution in [0.15, 0.2) is 54.6 Å². The van der Waals surface area contributed by atoms with Crippen LogP contribution >= 0.6 is 0 Å². The standard InChI is InChI=1S/C42H54O6/c1-25(2)33-16-11-27(5)19-37(33)45-23-39(43)47-36-18-15-29-13-14-32-21-30-9-7-8-10-31(30)22-35(32)41(29)42(36)48-40(44)24-46-38-20-28(6)12-17-34(38)26(3)4/h7-10,13-15,18,21-22,25-28,33-34,36-38,42H,11-12,16-17,19-20,23-24H2,1-6H3/t27?,28?,33?,34?,36-,37?,38?,42+/m1/s1. The summed E-state index contributed by atoms with van der Waals surface area (Å²) in [6, 6.07) is 16.7. The van der Waals surface area contributed by atoms with Gasteiger partial charge in [0.1, 0.15) is 13.2 Å². The second-order valence-corrected chi connectivity index (χ2v) is 15.6. The minimum atomic E-state index is -0.820. The third-order valence-corrected chi connectivity index (χ3v) is 11.3. The van der Waals surface area contributed by atoms with Crippen molar-refractivity contribution in [1.29, 1.82) is 0 Å². The molecule has 2 fully saturated rings. The molecule has 8 atom stereocenters. The average molecular weight is 655 g/mol. The quantitative estimate of drug-likeness (QED) is 0.160. The summed E-state index contributed by atoms with van der Waals surface area (Å²) in [6.07, 6.45) is 8.74. The molecular weight excluding hydrogens is 600 g/mol. The van der Waals surface area contributed by atoms with Crippen LogP contribution in [0.1, 0.15) is 97.3 Å². The topological polar surface area (TPSA) is 71.1 Å². The van der Waals surface area contributed by atoms with Gasteiger partial charge in [-0.2, -0.15) is 0 Å². The lowest BCUT2D eigenvalue weighted by Gasteiger charge is -2.37. The lowest BCUT2D eigenvalue weighted by atomic mass is 9.75. The Bertz CT molecular complexity index is 1620. The summed E-state index contributed by atoms with van der Waals surface area (Å²) in [5.41, 5.74) is 1.79. The number of hydrogen-bond donors (Lipinski definition) is 0. The molecule has 6 unspecified atom stereocenters. The highest BCUT2D eigenvalue weighted by Gasteiger charge is 2.37. The van der Waals surface area contributed by atoms with Crippen LogP contribution in [-0.2, 0) is 28.5 Å². The van der Waals surface area contributed by atoms with E-state index < -0.39 is 24.1 Å². The molecule has 258 valence electrons. The van der Waals surface area contributed by atoms with Crippen molar-refractivity contribution in [3.05, 3.63) is 65.7 Å². The zero-order valence-electron chi connectivity index (χ0n) is 29.7. The fraction of sp³-hybridized carbons (Fsp3) is 0.571. The van der Waals surface area contributed by atoms with Crippen molar-refractivity contribution in [2.24, 2.45) is 35.5 Å². The molecule has 0 aromatic heterocycles. The minimum absolute atomic E-state index is 0.0231. The lowest BCUT2D eigenvalue weighted by molar-refractivity contribution is -0.175. The number of hydrogen-bond acceptors (Lipinski definition) is 6. The van der Waals surface area contributed by atoms with E-state index in [0.29, 0.717) is 35.5 Å². The monoisotopic (exact) mass is 654 g/mol. The van der Waals surface area contributed by atoms with E-state index in [2.05, 4.69) is 71.9 Å². The van der Waals surface area contributed by atoms with Gasteiger partial charge in [-0.05, 0) is 107 Å². The first-order chi connectivity index (χ1) is 23.1. The maximum Gasteiger partial charge on any atom is 0.332 e. The van der Waals surface area contributed by atoms with Crippen molar-refractivity contribution in [2.45, 2.75) is 104 Å². The van der Waals surface area contributed by atoms with Crippen molar-refractivity contribution in [1.82, 2.24) is 0 Å². The number of rotatable bonds is 10. The van der Waals surface area contributed by atoms with Gasteiger partial charge in [-0.25, -0.2) is 9.59 Å². The Morgan fingerprint density at radius 2 is 1.27 bits per heavy atom. The van der Waals surface area contributed by atoms with Gasteiger partial charge in [0.25, 0.3) is 0 Å². The molecule has 3 aromatic carbocycles. The van der Waals surface area contributed by atoms with Gasteiger partial charge in [0.15, 0.2) is 12.2 Å². The summed E-state index contributed by atoms with van der Waals surface area (Å²) in [5, 5.41) is 4.24. The molecular formula is C42H54O6. The second-order valence-electron chi connectivity index (χ2n) is 15.6. The Balaban J connectivity index is 1.24. The Kier molecular flexibility index (Phi) is 10.9. The molecule has 0 heterocycles. The molecule has 0 amide bonds. The van der Waals surface area contributed by atoms with Gasteiger partial charge in [-0.15, -0.1) is 0 Å². The van der Waals surface area contributed by atoms with Crippen LogP contribution < -0.4 is 0 Å². The number of esters is 2. The molecule has 0 spiro atoms. The average Bonchev–Trinajstić information content (AvgIpc) is 3.06. The first kappa shape index (κ1) is 34.6. The third-order valence-electron chi connectivity index (χ3n) is 11.3. The van der Waals surface area contributed by atoms with Gasteiger partial charge in [-0.1, -0.05) is 96.9 Å². The van der Waals surface area contributed by atoms with Crippen LogP contribution in [0.2, 0.25) is 0 Å². The van der Waals surface area contributed by atoms with Crippen LogP contribution in [0.4, 0.5) is 0 Å². The van der Waals surface area contributed by atoms with E-state index in [-0.39, 0.29) is 25.4 Å². The van der Waals surface area contributed by atoms with E-state index in [0.717, 1.165) is 58.4 Å². The zero-order chi connectivity index (χ0) is 33.9. The molecule has 0 aliphatic heterocycles. The summed E-state index contributed by atoms with van der Waals surface area (Å²) in [4.78, 5) is 27.0. The van der Waals surface area contributed by atoms with Crippen molar-refractivity contribution < 1.29 is 28.5 Å². The molecule has 3 aliphatic rings. The molecule has 0 radical (unpaired) electrons. The normalized spacial score (nSPS) is 28.9. The van der Waals surface area contributed by atoms with E-state index in [1.165, 1.54) is 12.8 Å². The Labute approximate surface area is 286 Å². The third kappa shape index (κ3) is 7.81. The molecule has 0 saturated heterocycles. The van der Waals surface area contributed by atoms with Crippen molar-refractivity contribution >= 4 is 39.6 Å². The summed E-state index contributed by atoms with van der Waals surface area (Å²) in [7, 11) is 0. The van der Waals surface area contributed by atoms with Gasteiger partial charge >= 0.3 is 11.9 Å². The number of carbonyl (C=O) groups excluding carboxylic acids is 2. The molecule has 3 aliphatic carbocycles. The van der Waals surface area contributed by atoms with Gasteiger partial charge in [0.05, 0.1) is 12.2 Å². The highest BCUT2D eigenvalue weighted by atomic mass is 16.6. The van der Waals surface area contributed by atoms with Crippen LogP contribution in [0, 0.1) is 35.5 Å². The summed E-state index contributed by atoms with van der Waals surface area (Å²) in [6.45, 7) is 13.2. The number of benzene rings is 3. The lowest BCUT2D eigenvalue weighted by Crippen LogP contribution is -2.37. The van der Waals surface area contributed by atoms with E-state index in [4.69, 9.17) is 18.9 Å². The fourth-order valence-corrected chi connectivity index (χ4v) is 8.53. The Morgan fingerprint density at radius 3 is 1.85 bits per heavy atom. The van der Waals surface area contributed by atoms with Gasteiger partial charge < -0.3 is 18.9 Å². The Morgan fingerprint density at radius 1 is 0.708 bits per heavy atom. The zero-order valence-corrected chi connectivity index (χ0v) is 29.7. The number of ether oxygens (including phenoxy) is 4. The molecule has 6 rings (SSSR count). The molecule has 0 N–H and O–H groups in total. The molecule has 48 heavy (non-hydrogen) atoms. The predicted octanol–water partition coefficient (Wildman–Crippen LogP) is 9.47. The largest absolute Gasteiger partial charge is 0.452 e. The minimum Gasteiger partial charge on any atom is -0.452 e. The van der Waals surface area contributed by atoms with E-state index in [9.17, 15) is 9.59 Å². The van der Waals surface area contributed by atoms with Crippen molar-refractivity contribution in [3.8, 4) is 0 Å². The van der Waals surface area contributed by atoms with E-state index in [1.54, 1.807) is 0 Å². The first-order valence-corrected chi connectivity index (χ1v) is 18.3. The summed E-state index contributed by atoms with van der Waals surface area (Å²) < 4.78 is 24.9. The van der Waals surface area contributed by atoms with Gasteiger partial charge in [0, 0.05) is 5.56 Å². The molecule has 6 heteroatoms. The summed E-state index contributed by atoms with van der Waals surface area (Å²) in [5.74, 6) is 2.04. The van der Waals surface area contributed by atoms with E-state index >= 15 is 0 Å². The second kappa shape index (κ2) is 15.1. The van der Waals surface area contributed by atoms with Crippen LogP contribution in [0.3, 0.4) is 0 Å². The molecule has 0 bridgehead atoms. The summed E-state index contributed by atoms with van der Waals surface area (Å²) >= 11 is 0. The highest BCUT2D eigenvalue weighted by Crippen LogP contribution is 2.41. The first-order valence-electron chi connectivity index (χ1n) is 18.3.